The zero-order valence-corrected chi connectivity index (χ0v) is 16.5. The van der Waals surface area contributed by atoms with Crippen molar-refractivity contribution in [3.05, 3.63) is 41.6 Å². The van der Waals surface area contributed by atoms with Gasteiger partial charge in [0, 0.05) is 18.5 Å². The molecule has 3 atom stereocenters. The van der Waals surface area contributed by atoms with Gasteiger partial charge >= 0.3 is 0 Å². The lowest BCUT2D eigenvalue weighted by atomic mass is 10.1. The van der Waals surface area contributed by atoms with E-state index < -0.39 is 18.1 Å². The molecular weight excluding hydrogens is 322 g/mol. The van der Waals surface area contributed by atoms with Crippen LogP contribution in [0.25, 0.3) is 0 Å². The summed E-state index contributed by atoms with van der Waals surface area (Å²) >= 11 is 0. The van der Waals surface area contributed by atoms with Crippen molar-refractivity contribution >= 4 is 18.1 Å². The van der Waals surface area contributed by atoms with Crippen LogP contribution in [-0.2, 0) is 10.0 Å². The summed E-state index contributed by atoms with van der Waals surface area (Å²) in [6, 6.07) is 7.19. The van der Waals surface area contributed by atoms with Gasteiger partial charge in [-0.1, -0.05) is 56.0 Å². The van der Waals surface area contributed by atoms with Gasteiger partial charge in [0.25, 0.3) is 0 Å². The van der Waals surface area contributed by atoms with Gasteiger partial charge in [-0.2, -0.15) is 4.31 Å². The van der Waals surface area contributed by atoms with Crippen LogP contribution < -0.4 is 0 Å². The molecule has 1 saturated carbocycles. The first-order valence-electron chi connectivity index (χ1n) is 8.33. The molecule has 1 aliphatic carbocycles. The molecule has 5 heteroatoms. The van der Waals surface area contributed by atoms with Gasteiger partial charge in [0.15, 0.2) is 0 Å². The monoisotopic (exact) mass is 349 g/mol. The Bertz CT molecular complexity index is 733. The van der Waals surface area contributed by atoms with Gasteiger partial charge < -0.3 is 0 Å². The van der Waals surface area contributed by atoms with E-state index in [0.717, 1.165) is 5.56 Å². The lowest BCUT2D eigenvalue weighted by molar-refractivity contribution is 0.398. The summed E-state index contributed by atoms with van der Waals surface area (Å²) in [6.07, 6.45) is 2.35. The third-order valence-electron chi connectivity index (χ3n) is 5.44. The van der Waals surface area contributed by atoms with E-state index >= 15 is 0 Å². The zero-order chi connectivity index (χ0) is 17.0. The SMILES string of the molecule is Cc1ccc(S(=O)(=O)N2C[C@H]3[C@H](C)[C@@]3(/C=C\[Si](C)(C)C)C2)cc1. The average Bonchev–Trinajstić information content (AvgIpc) is 2.83. The van der Waals surface area contributed by atoms with Crippen LogP contribution >= 0.6 is 0 Å². The molecule has 23 heavy (non-hydrogen) atoms. The van der Waals surface area contributed by atoms with E-state index in [2.05, 4.69) is 38.3 Å². The molecule has 1 saturated heterocycles. The van der Waals surface area contributed by atoms with E-state index in [9.17, 15) is 8.42 Å². The molecule has 2 fully saturated rings. The molecular formula is C18H27NO2SSi. The Balaban J connectivity index is 1.83. The molecule has 3 nitrogen and oxygen atoms in total. The third kappa shape index (κ3) is 2.94. The number of rotatable bonds is 4. The van der Waals surface area contributed by atoms with Crippen molar-refractivity contribution in [2.75, 3.05) is 13.1 Å². The van der Waals surface area contributed by atoms with Crippen molar-refractivity contribution in [2.45, 2.75) is 38.4 Å². The fourth-order valence-electron chi connectivity index (χ4n) is 3.71. The standard InChI is InChI=1S/C18H27NO2SSi/c1-14-6-8-16(9-7-14)22(20,21)19-12-17-15(2)18(17,13-19)10-11-23(3,4)5/h6-11,15,17H,12-13H2,1-5H3/b11-10-/t15-,17-,18+/m0/s1. The van der Waals surface area contributed by atoms with Crippen molar-refractivity contribution in [3.63, 3.8) is 0 Å². The van der Waals surface area contributed by atoms with Gasteiger partial charge in [0.2, 0.25) is 10.0 Å². The highest BCUT2D eigenvalue weighted by Crippen LogP contribution is 2.64. The Hall–Kier alpha value is -0.913. The van der Waals surface area contributed by atoms with Crippen molar-refractivity contribution in [3.8, 4) is 0 Å². The number of hydrogen-bond donors (Lipinski definition) is 0. The van der Waals surface area contributed by atoms with Crippen LogP contribution in [0.1, 0.15) is 12.5 Å². The summed E-state index contributed by atoms with van der Waals surface area (Å²) in [6.45, 7) is 12.5. The van der Waals surface area contributed by atoms with Crippen molar-refractivity contribution in [1.82, 2.24) is 4.31 Å². The first-order chi connectivity index (χ1) is 10.6. The molecule has 0 unspecified atom stereocenters. The number of sulfonamides is 1. The number of hydrogen-bond acceptors (Lipinski definition) is 2. The molecule has 1 aromatic carbocycles. The molecule has 0 amide bonds. The van der Waals surface area contributed by atoms with Gasteiger partial charge in [-0.15, -0.1) is 0 Å². The highest BCUT2D eigenvalue weighted by atomic mass is 32.2. The predicted octanol–water partition coefficient (Wildman–Crippen LogP) is 3.69. The van der Waals surface area contributed by atoms with Crippen LogP contribution in [0.2, 0.25) is 19.6 Å². The van der Waals surface area contributed by atoms with Crippen molar-refractivity contribution in [2.24, 2.45) is 17.3 Å². The molecule has 1 aliphatic heterocycles. The Labute approximate surface area is 141 Å². The van der Waals surface area contributed by atoms with Gasteiger partial charge in [-0.25, -0.2) is 8.42 Å². The van der Waals surface area contributed by atoms with Crippen LogP contribution in [0.5, 0.6) is 0 Å². The Morgan fingerprint density at radius 2 is 1.83 bits per heavy atom. The number of aryl methyl sites for hydroxylation is 1. The topological polar surface area (TPSA) is 37.4 Å². The largest absolute Gasteiger partial charge is 0.243 e. The molecule has 0 bridgehead atoms. The van der Waals surface area contributed by atoms with E-state index in [1.807, 2.05) is 19.1 Å². The van der Waals surface area contributed by atoms with Crippen LogP contribution in [0.4, 0.5) is 0 Å². The summed E-state index contributed by atoms with van der Waals surface area (Å²) in [4.78, 5) is 0.418. The summed E-state index contributed by atoms with van der Waals surface area (Å²) in [5.41, 5.74) is 3.54. The third-order valence-corrected chi connectivity index (χ3v) is 8.43. The van der Waals surface area contributed by atoms with E-state index in [0.29, 0.717) is 29.8 Å². The van der Waals surface area contributed by atoms with E-state index in [4.69, 9.17) is 0 Å². The smallest absolute Gasteiger partial charge is 0.207 e. The molecule has 126 valence electrons. The highest BCUT2D eigenvalue weighted by Gasteiger charge is 2.66. The lowest BCUT2D eigenvalue weighted by Crippen LogP contribution is -2.33. The number of nitrogens with zero attached hydrogens (tertiary/aromatic N) is 1. The summed E-state index contributed by atoms with van der Waals surface area (Å²) < 4.78 is 27.4. The second-order valence-electron chi connectivity index (χ2n) is 8.32. The van der Waals surface area contributed by atoms with Crippen LogP contribution in [-0.4, -0.2) is 33.9 Å². The van der Waals surface area contributed by atoms with Gasteiger partial charge in [-0.3, -0.25) is 0 Å². The molecule has 0 radical (unpaired) electrons. The average molecular weight is 350 g/mol. The minimum absolute atomic E-state index is 0.0814. The number of benzene rings is 1. The summed E-state index contributed by atoms with van der Waals surface area (Å²) in [5, 5.41) is 0. The van der Waals surface area contributed by atoms with E-state index in [-0.39, 0.29) is 5.41 Å². The van der Waals surface area contributed by atoms with Gasteiger partial charge in [0.1, 0.15) is 0 Å². The van der Waals surface area contributed by atoms with Crippen molar-refractivity contribution < 1.29 is 8.42 Å². The summed E-state index contributed by atoms with van der Waals surface area (Å²) in [7, 11) is -4.62. The second-order valence-corrected chi connectivity index (χ2v) is 15.3. The van der Waals surface area contributed by atoms with Crippen LogP contribution in [0.15, 0.2) is 40.9 Å². The van der Waals surface area contributed by atoms with Crippen molar-refractivity contribution in [1.29, 1.82) is 0 Å². The number of piperidine rings is 1. The first kappa shape index (κ1) is 16.9. The lowest BCUT2D eigenvalue weighted by Gasteiger charge is -2.22. The fourth-order valence-corrected chi connectivity index (χ4v) is 6.05. The Kier molecular flexibility index (Phi) is 3.90. The fraction of sp³-hybridized carbons (Fsp3) is 0.556. The molecule has 1 aromatic rings. The maximum atomic E-state index is 12.9. The minimum Gasteiger partial charge on any atom is -0.207 e. The Morgan fingerprint density at radius 1 is 1.22 bits per heavy atom. The normalized spacial score (nSPS) is 31.5. The second kappa shape index (κ2) is 5.29. The van der Waals surface area contributed by atoms with E-state index in [1.165, 1.54) is 0 Å². The molecule has 3 rings (SSSR count). The quantitative estimate of drug-likeness (QED) is 0.778. The Morgan fingerprint density at radius 3 is 2.39 bits per heavy atom. The van der Waals surface area contributed by atoms with Gasteiger partial charge in [-0.05, 0) is 30.9 Å². The van der Waals surface area contributed by atoms with Gasteiger partial charge in [0.05, 0.1) is 13.0 Å². The molecule has 2 aliphatic rings. The first-order valence-corrected chi connectivity index (χ1v) is 13.4. The summed E-state index contributed by atoms with van der Waals surface area (Å²) in [5.74, 6) is 1.08. The molecule has 0 N–H and O–H groups in total. The minimum atomic E-state index is -3.36. The predicted molar refractivity (Wildman–Crippen MR) is 97.5 cm³/mol. The molecule has 1 heterocycles. The maximum Gasteiger partial charge on any atom is 0.243 e. The molecule has 0 aromatic heterocycles. The van der Waals surface area contributed by atoms with E-state index in [1.54, 1.807) is 16.4 Å². The van der Waals surface area contributed by atoms with Crippen LogP contribution in [0, 0.1) is 24.2 Å². The zero-order valence-electron chi connectivity index (χ0n) is 14.7. The highest BCUT2D eigenvalue weighted by molar-refractivity contribution is 7.89. The maximum absolute atomic E-state index is 12.9. The van der Waals surface area contributed by atoms with Crippen LogP contribution in [0.3, 0.4) is 0 Å². The number of fused-ring (bicyclic) bond motifs is 1. The molecule has 0 spiro atoms.